The number of rotatable bonds is 0. The fourth-order valence-corrected chi connectivity index (χ4v) is 5.33. The topological polar surface area (TPSA) is 0 Å². The Morgan fingerprint density at radius 3 is 1.37 bits per heavy atom. The van der Waals surface area contributed by atoms with Crippen molar-refractivity contribution in [2.24, 2.45) is 0 Å². The summed E-state index contributed by atoms with van der Waals surface area (Å²) in [6, 6.07) is 20.3. The fourth-order valence-electron chi connectivity index (χ4n) is 1.53. The molecule has 19 heavy (non-hydrogen) atoms. The van der Waals surface area contributed by atoms with E-state index in [1.807, 2.05) is 60.7 Å². The zero-order chi connectivity index (χ0) is 13.6. The van der Waals surface area contributed by atoms with Crippen LogP contribution >= 0.6 is 0 Å². The SMILES string of the molecule is [CH3][Pb]([CH3])([C]#Cc1ccccc1)[C]#Cc1ccccc1. The molecule has 0 saturated carbocycles. The molecule has 0 nitrogen and oxygen atoms in total. The Labute approximate surface area is 120 Å². The molecule has 0 bridgehead atoms. The van der Waals surface area contributed by atoms with Crippen LogP contribution in [0, 0.1) is 18.8 Å². The van der Waals surface area contributed by atoms with Crippen molar-refractivity contribution < 1.29 is 0 Å². The van der Waals surface area contributed by atoms with Crippen LogP contribution in [0.5, 0.6) is 0 Å². The molecule has 0 unspecified atom stereocenters. The molecular formula is C18H16Pb. The first-order valence-electron chi connectivity index (χ1n) is 6.32. The minimum absolute atomic E-state index is 1.08. The average molecular weight is 440 g/mol. The zero-order valence-corrected chi connectivity index (χ0v) is 15.2. The predicted molar refractivity (Wildman–Crippen MR) is 84.1 cm³/mol. The van der Waals surface area contributed by atoms with E-state index in [2.05, 4.69) is 27.8 Å². The van der Waals surface area contributed by atoms with Gasteiger partial charge in [-0.2, -0.15) is 0 Å². The van der Waals surface area contributed by atoms with E-state index >= 15 is 0 Å². The van der Waals surface area contributed by atoms with E-state index in [0.717, 1.165) is 11.1 Å². The van der Waals surface area contributed by atoms with E-state index < -0.39 is 21.2 Å². The van der Waals surface area contributed by atoms with Gasteiger partial charge in [-0.15, -0.1) is 0 Å². The van der Waals surface area contributed by atoms with Crippen molar-refractivity contribution in [3.8, 4) is 18.8 Å². The summed E-state index contributed by atoms with van der Waals surface area (Å²) < 4.78 is 11.4. The van der Waals surface area contributed by atoms with Crippen LogP contribution in [0.1, 0.15) is 11.1 Å². The molecule has 0 amide bonds. The molecule has 0 saturated heterocycles. The summed E-state index contributed by atoms with van der Waals surface area (Å²) in [5.41, 5.74) is 2.16. The molecule has 92 valence electrons. The third kappa shape index (κ3) is 4.93. The standard InChI is InChI=1S/2C8H5.2CH3.Pb/c2*1-2-8-6-4-3-5-7-8;;;/h2*3-7H;2*1H3;. The predicted octanol–water partition coefficient (Wildman–Crippen LogP) is 3.88. The van der Waals surface area contributed by atoms with Crippen molar-refractivity contribution in [1.82, 2.24) is 0 Å². The summed E-state index contributed by atoms with van der Waals surface area (Å²) >= 11 is -2.68. The fraction of sp³-hybridized carbons (Fsp3) is 0.111. The first-order chi connectivity index (χ1) is 9.16. The summed E-state index contributed by atoms with van der Waals surface area (Å²) in [5, 5.41) is 0. The minimum atomic E-state index is -2.68. The molecule has 0 radical (unpaired) electrons. The van der Waals surface area contributed by atoms with E-state index in [9.17, 15) is 0 Å². The van der Waals surface area contributed by atoms with Gasteiger partial charge in [0.05, 0.1) is 0 Å². The van der Waals surface area contributed by atoms with Crippen molar-refractivity contribution in [1.29, 1.82) is 0 Å². The van der Waals surface area contributed by atoms with Crippen LogP contribution in [0.4, 0.5) is 0 Å². The Hall–Kier alpha value is -1.52. The van der Waals surface area contributed by atoms with Gasteiger partial charge in [0, 0.05) is 0 Å². The summed E-state index contributed by atoms with van der Waals surface area (Å²) in [7, 11) is 0. The molecule has 2 aromatic rings. The molecule has 0 fully saturated rings. The van der Waals surface area contributed by atoms with Crippen molar-refractivity contribution >= 4 is 21.2 Å². The molecule has 0 atom stereocenters. The van der Waals surface area contributed by atoms with Gasteiger partial charge in [-0.05, 0) is 0 Å². The Kier molecular flexibility index (Phi) is 4.82. The van der Waals surface area contributed by atoms with Gasteiger partial charge in [0.2, 0.25) is 0 Å². The molecule has 0 aliphatic carbocycles. The van der Waals surface area contributed by atoms with Gasteiger partial charge in [0.15, 0.2) is 0 Å². The number of benzene rings is 2. The quantitative estimate of drug-likeness (QED) is 0.432. The Balaban J connectivity index is 2.16. The molecule has 0 aromatic heterocycles. The second-order valence-corrected chi connectivity index (χ2v) is 19.4. The monoisotopic (exact) mass is 440 g/mol. The van der Waals surface area contributed by atoms with E-state index in [0.29, 0.717) is 0 Å². The molecule has 0 aliphatic rings. The van der Waals surface area contributed by atoms with Gasteiger partial charge < -0.3 is 0 Å². The van der Waals surface area contributed by atoms with E-state index in [4.69, 9.17) is 0 Å². The van der Waals surface area contributed by atoms with Crippen LogP contribution in [0.25, 0.3) is 0 Å². The third-order valence-corrected chi connectivity index (χ3v) is 8.42. The van der Waals surface area contributed by atoms with Crippen LogP contribution in [-0.4, -0.2) is 21.2 Å². The Morgan fingerprint density at radius 1 is 0.632 bits per heavy atom. The van der Waals surface area contributed by atoms with Crippen LogP contribution in [0.15, 0.2) is 60.7 Å². The maximum absolute atomic E-state index is 3.44. The van der Waals surface area contributed by atoms with Gasteiger partial charge in [-0.3, -0.25) is 0 Å². The molecular weight excluding hydrogens is 423 g/mol. The second-order valence-electron chi connectivity index (χ2n) is 4.86. The normalized spacial score (nSPS) is 9.79. The summed E-state index contributed by atoms with van der Waals surface area (Å²) in [6.07, 6.45) is 0. The van der Waals surface area contributed by atoms with Crippen LogP contribution < -0.4 is 0 Å². The maximum atomic E-state index is 3.44. The number of hydrogen-bond acceptors (Lipinski definition) is 0. The van der Waals surface area contributed by atoms with E-state index in [1.165, 1.54) is 0 Å². The summed E-state index contributed by atoms with van der Waals surface area (Å²) in [4.78, 5) is 0. The Bertz CT molecular complexity index is 587. The van der Waals surface area contributed by atoms with Gasteiger partial charge in [-0.25, -0.2) is 0 Å². The average Bonchev–Trinajstić information content (AvgIpc) is 2.46. The van der Waals surface area contributed by atoms with E-state index in [1.54, 1.807) is 0 Å². The van der Waals surface area contributed by atoms with Crippen LogP contribution in [0.3, 0.4) is 0 Å². The summed E-state index contributed by atoms with van der Waals surface area (Å²) in [5.74, 6) is 6.53. The first kappa shape index (κ1) is 13.9. The third-order valence-electron chi connectivity index (χ3n) is 2.59. The van der Waals surface area contributed by atoms with Crippen LogP contribution in [-0.2, 0) is 0 Å². The molecule has 2 rings (SSSR count). The summed E-state index contributed by atoms with van der Waals surface area (Å²) in [6.45, 7) is 0. The molecule has 0 N–H and O–H groups in total. The molecule has 2 aromatic carbocycles. The van der Waals surface area contributed by atoms with Crippen molar-refractivity contribution in [2.45, 2.75) is 8.97 Å². The van der Waals surface area contributed by atoms with Gasteiger partial charge in [0.25, 0.3) is 0 Å². The molecule has 0 aliphatic heterocycles. The van der Waals surface area contributed by atoms with Gasteiger partial charge >= 0.3 is 121 Å². The van der Waals surface area contributed by atoms with E-state index in [-0.39, 0.29) is 0 Å². The van der Waals surface area contributed by atoms with Crippen molar-refractivity contribution in [3.05, 3.63) is 71.8 Å². The van der Waals surface area contributed by atoms with Crippen molar-refractivity contribution in [2.75, 3.05) is 0 Å². The number of hydrogen-bond donors (Lipinski definition) is 0. The van der Waals surface area contributed by atoms with Gasteiger partial charge in [-0.1, -0.05) is 0 Å². The molecule has 0 spiro atoms. The van der Waals surface area contributed by atoms with Crippen molar-refractivity contribution in [3.63, 3.8) is 0 Å². The van der Waals surface area contributed by atoms with Gasteiger partial charge in [0.1, 0.15) is 0 Å². The second kappa shape index (κ2) is 6.59. The molecule has 1 heteroatoms. The zero-order valence-electron chi connectivity index (χ0n) is 11.3. The molecule has 0 heterocycles. The Morgan fingerprint density at radius 2 is 1.00 bits per heavy atom. The first-order valence-corrected chi connectivity index (χ1v) is 18.0. The van der Waals surface area contributed by atoms with Crippen LogP contribution in [0.2, 0.25) is 8.97 Å².